The Hall–Kier alpha value is -0.660. The lowest BCUT2D eigenvalue weighted by Gasteiger charge is -2.42. The van der Waals surface area contributed by atoms with Gasteiger partial charge < -0.3 is 0 Å². The molecule has 1 spiro atoms. The first-order valence-electron chi connectivity index (χ1n) is 6.55. The molecule has 16 heavy (non-hydrogen) atoms. The Balaban J connectivity index is 2.29. The molecule has 0 bridgehead atoms. The van der Waals surface area contributed by atoms with Gasteiger partial charge in [-0.05, 0) is 37.0 Å². The third-order valence-corrected chi connectivity index (χ3v) is 4.91. The van der Waals surface area contributed by atoms with Crippen LogP contribution in [0.25, 0.3) is 0 Å². The van der Waals surface area contributed by atoms with Crippen LogP contribution in [0.2, 0.25) is 0 Å². The summed E-state index contributed by atoms with van der Waals surface area (Å²) in [6, 6.07) is 0. The van der Waals surface area contributed by atoms with E-state index < -0.39 is 5.41 Å². The Morgan fingerprint density at radius 3 is 2.19 bits per heavy atom. The van der Waals surface area contributed by atoms with Gasteiger partial charge in [0.2, 0.25) is 0 Å². The maximum atomic E-state index is 12.1. The summed E-state index contributed by atoms with van der Waals surface area (Å²) in [5, 5.41) is 0. The maximum Gasteiger partial charge on any atom is 0.147 e. The molecular formula is C14H22O2. The number of carbonyl (C=O) groups is 2. The molecule has 2 heteroatoms. The minimum Gasteiger partial charge on any atom is -0.299 e. The van der Waals surface area contributed by atoms with Crippen molar-refractivity contribution < 1.29 is 9.59 Å². The summed E-state index contributed by atoms with van der Waals surface area (Å²) in [5.41, 5.74) is -0.576. The van der Waals surface area contributed by atoms with E-state index in [-0.39, 0.29) is 17.5 Å². The largest absolute Gasteiger partial charge is 0.299 e. The molecule has 0 aromatic carbocycles. The molecule has 0 radical (unpaired) electrons. The normalized spacial score (nSPS) is 34.0. The van der Waals surface area contributed by atoms with Gasteiger partial charge in [0.1, 0.15) is 11.6 Å². The van der Waals surface area contributed by atoms with Crippen LogP contribution in [0.4, 0.5) is 0 Å². The van der Waals surface area contributed by atoms with Gasteiger partial charge >= 0.3 is 0 Å². The molecule has 0 aromatic heterocycles. The summed E-state index contributed by atoms with van der Waals surface area (Å²) in [6.45, 7) is 6.51. The minimum absolute atomic E-state index is 0.232. The lowest BCUT2D eigenvalue weighted by Crippen LogP contribution is -2.45. The van der Waals surface area contributed by atoms with Crippen LogP contribution < -0.4 is 0 Å². The molecule has 0 unspecified atom stereocenters. The molecule has 0 saturated heterocycles. The summed E-state index contributed by atoms with van der Waals surface area (Å²) < 4.78 is 0. The number of carbonyl (C=O) groups excluding carboxylic acids is 2. The van der Waals surface area contributed by atoms with Crippen molar-refractivity contribution in [1.29, 1.82) is 0 Å². The molecule has 2 saturated carbocycles. The van der Waals surface area contributed by atoms with Crippen LogP contribution >= 0.6 is 0 Å². The molecule has 0 N–H and O–H groups in total. The molecule has 90 valence electrons. The molecule has 0 aromatic rings. The van der Waals surface area contributed by atoms with Crippen LogP contribution in [-0.2, 0) is 9.59 Å². The molecule has 2 aliphatic carbocycles. The fraction of sp³-hybridized carbons (Fsp3) is 0.857. The summed E-state index contributed by atoms with van der Waals surface area (Å²) in [6.07, 6.45) is 4.03. The quantitative estimate of drug-likeness (QED) is 0.639. The van der Waals surface area contributed by atoms with Gasteiger partial charge in [0.05, 0.1) is 5.41 Å². The average molecular weight is 222 g/mol. The van der Waals surface area contributed by atoms with Crippen molar-refractivity contribution in [3.8, 4) is 0 Å². The Morgan fingerprint density at radius 2 is 1.69 bits per heavy atom. The first kappa shape index (κ1) is 11.8. The number of ketones is 2. The zero-order chi connectivity index (χ0) is 11.9. The highest BCUT2D eigenvalue weighted by molar-refractivity contribution is 6.13. The lowest BCUT2D eigenvalue weighted by molar-refractivity contribution is -0.142. The van der Waals surface area contributed by atoms with E-state index in [9.17, 15) is 9.59 Å². The summed E-state index contributed by atoms with van der Waals surface area (Å²) in [4.78, 5) is 24.2. The molecule has 0 heterocycles. The lowest BCUT2D eigenvalue weighted by atomic mass is 9.60. The van der Waals surface area contributed by atoms with Gasteiger partial charge in [-0.3, -0.25) is 9.59 Å². The molecular weight excluding hydrogens is 200 g/mol. The monoisotopic (exact) mass is 222 g/mol. The zero-order valence-corrected chi connectivity index (χ0v) is 10.6. The molecule has 2 rings (SSSR count). The summed E-state index contributed by atoms with van der Waals surface area (Å²) >= 11 is 0. The van der Waals surface area contributed by atoms with E-state index in [1.807, 2.05) is 0 Å². The fourth-order valence-corrected chi connectivity index (χ4v) is 3.60. The van der Waals surface area contributed by atoms with E-state index in [0.29, 0.717) is 24.7 Å². The summed E-state index contributed by atoms with van der Waals surface area (Å²) in [7, 11) is 0. The average Bonchev–Trinajstić information content (AvgIpc) is 2.51. The van der Waals surface area contributed by atoms with Crippen molar-refractivity contribution in [3.63, 3.8) is 0 Å². The van der Waals surface area contributed by atoms with E-state index in [1.54, 1.807) is 0 Å². The van der Waals surface area contributed by atoms with Crippen molar-refractivity contribution in [2.24, 2.45) is 23.2 Å². The van der Waals surface area contributed by atoms with Gasteiger partial charge in [0, 0.05) is 12.8 Å². The third kappa shape index (κ3) is 1.54. The van der Waals surface area contributed by atoms with Gasteiger partial charge in [-0.25, -0.2) is 0 Å². The first-order chi connectivity index (χ1) is 7.48. The number of hydrogen-bond donors (Lipinski definition) is 0. The predicted octanol–water partition coefficient (Wildman–Crippen LogP) is 3.00. The minimum atomic E-state index is -0.576. The highest BCUT2D eigenvalue weighted by Crippen LogP contribution is 2.51. The topological polar surface area (TPSA) is 34.1 Å². The van der Waals surface area contributed by atoms with Gasteiger partial charge in [0.15, 0.2) is 0 Å². The molecule has 2 nitrogen and oxygen atoms in total. The molecule has 2 atom stereocenters. The summed E-state index contributed by atoms with van der Waals surface area (Å²) in [5.74, 6) is 1.88. The number of Topliss-reactive ketones (excluding diaryl/α,β-unsaturated/α-hetero) is 2. The van der Waals surface area contributed by atoms with E-state index in [0.717, 1.165) is 12.8 Å². The van der Waals surface area contributed by atoms with Crippen LogP contribution in [0.5, 0.6) is 0 Å². The maximum absolute atomic E-state index is 12.1. The molecule has 2 fully saturated rings. The van der Waals surface area contributed by atoms with Crippen LogP contribution in [0.15, 0.2) is 0 Å². The molecule has 0 amide bonds. The van der Waals surface area contributed by atoms with E-state index in [1.165, 1.54) is 6.42 Å². The Kier molecular flexibility index (Phi) is 2.93. The SMILES string of the molecule is CC(C)[C@H]1CC[C@H](C)C2(C1)C(=O)CCC2=O. The van der Waals surface area contributed by atoms with Gasteiger partial charge in [0.25, 0.3) is 0 Å². The number of hydrogen-bond acceptors (Lipinski definition) is 2. The first-order valence-corrected chi connectivity index (χ1v) is 6.55. The predicted molar refractivity (Wildman–Crippen MR) is 63.0 cm³/mol. The van der Waals surface area contributed by atoms with Crippen molar-refractivity contribution in [2.45, 2.75) is 52.9 Å². The Bertz CT molecular complexity index is 301. The third-order valence-electron chi connectivity index (χ3n) is 4.91. The highest BCUT2D eigenvalue weighted by Gasteiger charge is 2.55. The van der Waals surface area contributed by atoms with Crippen LogP contribution in [-0.4, -0.2) is 11.6 Å². The second kappa shape index (κ2) is 3.97. The Morgan fingerprint density at radius 1 is 1.12 bits per heavy atom. The van der Waals surface area contributed by atoms with Crippen molar-refractivity contribution >= 4 is 11.6 Å². The van der Waals surface area contributed by atoms with E-state index in [4.69, 9.17) is 0 Å². The molecule has 0 aliphatic heterocycles. The van der Waals surface area contributed by atoms with Crippen LogP contribution in [0.3, 0.4) is 0 Å². The van der Waals surface area contributed by atoms with Crippen LogP contribution in [0, 0.1) is 23.2 Å². The number of rotatable bonds is 1. The van der Waals surface area contributed by atoms with E-state index in [2.05, 4.69) is 20.8 Å². The Labute approximate surface area is 97.8 Å². The van der Waals surface area contributed by atoms with Crippen molar-refractivity contribution in [2.75, 3.05) is 0 Å². The second-order valence-electron chi connectivity index (χ2n) is 6.00. The zero-order valence-electron chi connectivity index (χ0n) is 10.6. The van der Waals surface area contributed by atoms with E-state index >= 15 is 0 Å². The fourth-order valence-electron chi connectivity index (χ4n) is 3.60. The van der Waals surface area contributed by atoms with Crippen molar-refractivity contribution in [1.82, 2.24) is 0 Å². The second-order valence-corrected chi connectivity index (χ2v) is 6.00. The smallest absolute Gasteiger partial charge is 0.147 e. The van der Waals surface area contributed by atoms with Crippen LogP contribution in [0.1, 0.15) is 52.9 Å². The van der Waals surface area contributed by atoms with Gasteiger partial charge in [-0.2, -0.15) is 0 Å². The van der Waals surface area contributed by atoms with Crippen molar-refractivity contribution in [3.05, 3.63) is 0 Å². The molecule has 2 aliphatic rings. The van der Waals surface area contributed by atoms with Gasteiger partial charge in [-0.15, -0.1) is 0 Å². The standard InChI is InChI=1S/C14H22O2/c1-9(2)11-5-4-10(3)14(8-11)12(15)6-7-13(14)16/h9-11H,4-8H2,1-3H3/t10-,11-/m0/s1. The van der Waals surface area contributed by atoms with Gasteiger partial charge in [-0.1, -0.05) is 20.8 Å². The highest BCUT2D eigenvalue weighted by atomic mass is 16.2.